The van der Waals surface area contributed by atoms with Gasteiger partial charge in [-0.3, -0.25) is 9.36 Å². The van der Waals surface area contributed by atoms with Gasteiger partial charge in [0, 0.05) is 19.3 Å². The second kappa shape index (κ2) is 7.39. The molecule has 2 heterocycles. The minimum absolute atomic E-state index is 0.261. The van der Waals surface area contributed by atoms with Gasteiger partial charge >= 0.3 is 0 Å². The molecule has 7 nitrogen and oxygen atoms in total. The molecule has 0 fully saturated rings. The van der Waals surface area contributed by atoms with Gasteiger partial charge < -0.3 is 10.6 Å². The molecular formula is C18H18N6O. The van der Waals surface area contributed by atoms with Gasteiger partial charge in [0.1, 0.15) is 5.82 Å². The zero-order valence-corrected chi connectivity index (χ0v) is 13.6. The number of benzene rings is 1. The first kappa shape index (κ1) is 16.4. The van der Waals surface area contributed by atoms with Crippen LogP contribution in [0.4, 0.5) is 5.95 Å². The molecule has 0 saturated heterocycles. The molecule has 0 saturated carbocycles. The Kier molecular flexibility index (Phi) is 4.84. The summed E-state index contributed by atoms with van der Waals surface area (Å²) in [7, 11) is 0. The number of carbonyl (C=O) groups is 1. The van der Waals surface area contributed by atoms with E-state index in [1.807, 2.05) is 24.3 Å². The Labute approximate surface area is 145 Å². The smallest absolute Gasteiger partial charge is 0.287 e. The number of aromatic nitrogens is 4. The van der Waals surface area contributed by atoms with E-state index in [1.54, 1.807) is 29.0 Å². The molecular weight excluding hydrogens is 316 g/mol. The second-order valence-electron chi connectivity index (χ2n) is 5.17. The summed E-state index contributed by atoms with van der Waals surface area (Å²) in [5, 5.41) is 5.80. The molecule has 25 heavy (non-hydrogen) atoms. The fourth-order valence-electron chi connectivity index (χ4n) is 2.38. The van der Waals surface area contributed by atoms with E-state index in [-0.39, 0.29) is 11.7 Å². The van der Waals surface area contributed by atoms with Crippen molar-refractivity contribution >= 4 is 22.9 Å². The van der Waals surface area contributed by atoms with Crippen LogP contribution < -0.4 is 10.6 Å². The number of carbonyl (C=O) groups excluding carboxylic acids is 1. The minimum Gasteiger partial charge on any atom is -0.351 e. The molecule has 3 rings (SSSR count). The highest BCUT2D eigenvalue weighted by Gasteiger charge is 2.19. The van der Waals surface area contributed by atoms with Crippen molar-refractivity contribution in [2.75, 3.05) is 18.4 Å². The zero-order valence-electron chi connectivity index (χ0n) is 13.6. The maximum absolute atomic E-state index is 12.5. The Morgan fingerprint density at radius 2 is 1.92 bits per heavy atom. The van der Waals surface area contributed by atoms with Crippen LogP contribution in [0.1, 0.15) is 10.6 Å². The highest BCUT2D eigenvalue weighted by atomic mass is 16.2. The van der Waals surface area contributed by atoms with Gasteiger partial charge in [-0.1, -0.05) is 24.3 Å². The third kappa shape index (κ3) is 3.40. The Morgan fingerprint density at radius 3 is 2.72 bits per heavy atom. The monoisotopic (exact) mass is 334 g/mol. The number of nitrogens with one attached hydrogen (secondary N) is 2. The van der Waals surface area contributed by atoms with Crippen LogP contribution in [0.5, 0.6) is 0 Å². The first-order valence-corrected chi connectivity index (χ1v) is 7.79. The van der Waals surface area contributed by atoms with Crippen LogP contribution in [0.3, 0.4) is 0 Å². The summed E-state index contributed by atoms with van der Waals surface area (Å²) in [4.78, 5) is 25.6. The van der Waals surface area contributed by atoms with Gasteiger partial charge in [-0.05, 0) is 18.2 Å². The molecule has 0 spiro atoms. The molecule has 0 aliphatic heterocycles. The summed E-state index contributed by atoms with van der Waals surface area (Å²) in [5.74, 6) is 0.971. The lowest BCUT2D eigenvalue weighted by Crippen LogP contribution is -2.26. The molecule has 0 aliphatic rings. The summed E-state index contributed by atoms with van der Waals surface area (Å²) in [6.45, 7) is 8.17. The topological polar surface area (TPSA) is 84.7 Å². The molecule has 0 aliphatic carbocycles. The number of amides is 1. The molecule has 3 aromatic rings. The zero-order chi connectivity index (χ0) is 17.6. The number of imidazole rings is 1. The molecule has 2 aromatic heterocycles. The van der Waals surface area contributed by atoms with Crippen molar-refractivity contribution in [2.24, 2.45) is 0 Å². The summed E-state index contributed by atoms with van der Waals surface area (Å²) < 4.78 is 1.72. The second-order valence-corrected chi connectivity index (χ2v) is 5.17. The average molecular weight is 334 g/mol. The van der Waals surface area contributed by atoms with E-state index in [2.05, 4.69) is 38.7 Å². The molecule has 126 valence electrons. The number of anilines is 1. The Bertz CT molecular complexity index is 930. The number of nitrogens with zero attached hydrogens (tertiary/aromatic N) is 4. The van der Waals surface area contributed by atoms with Crippen LogP contribution in [0, 0.1) is 0 Å². The first-order valence-electron chi connectivity index (χ1n) is 7.79. The average Bonchev–Trinajstić information content (AvgIpc) is 3.04. The molecule has 7 heteroatoms. The largest absolute Gasteiger partial charge is 0.351 e. The van der Waals surface area contributed by atoms with Crippen molar-refractivity contribution in [3.8, 4) is 5.82 Å². The lowest BCUT2D eigenvalue weighted by Gasteiger charge is -2.09. The van der Waals surface area contributed by atoms with Gasteiger partial charge in [-0.2, -0.15) is 4.98 Å². The molecule has 1 amide bonds. The highest BCUT2D eigenvalue weighted by molar-refractivity contribution is 5.96. The number of rotatable bonds is 7. The predicted molar refractivity (Wildman–Crippen MR) is 97.9 cm³/mol. The SMILES string of the molecule is C=CCNC(=O)c1nc2ccccc2n1-c1ccnc(NCC=C)n1. The number of para-hydroxylation sites is 2. The normalized spacial score (nSPS) is 10.4. The van der Waals surface area contributed by atoms with Crippen molar-refractivity contribution in [2.45, 2.75) is 0 Å². The van der Waals surface area contributed by atoms with Crippen LogP contribution in [0.15, 0.2) is 61.8 Å². The van der Waals surface area contributed by atoms with Crippen molar-refractivity contribution in [1.29, 1.82) is 0 Å². The van der Waals surface area contributed by atoms with Crippen LogP contribution in [0.25, 0.3) is 16.9 Å². The Morgan fingerprint density at radius 1 is 1.12 bits per heavy atom. The van der Waals surface area contributed by atoms with Crippen LogP contribution in [-0.4, -0.2) is 38.5 Å². The van der Waals surface area contributed by atoms with Gasteiger partial charge in [-0.15, -0.1) is 13.2 Å². The van der Waals surface area contributed by atoms with Gasteiger partial charge in [0.25, 0.3) is 5.91 Å². The standard InChI is InChI=1S/C18H18N6O/c1-3-10-19-17(25)16-22-13-7-5-6-8-14(13)24(16)15-9-12-21-18(23-15)20-11-4-2/h3-9,12H,1-2,10-11H2,(H,19,25)(H,20,21,23). The van der Waals surface area contributed by atoms with E-state index < -0.39 is 0 Å². The van der Waals surface area contributed by atoms with Crippen molar-refractivity contribution in [3.05, 3.63) is 67.7 Å². The number of fused-ring (bicyclic) bond motifs is 1. The van der Waals surface area contributed by atoms with E-state index in [4.69, 9.17) is 0 Å². The fraction of sp³-hybridized carbons (Fsp3) is 0.111. The summed E-state index contributed by atoms with van der Waals surface area (Å²) in [5.41, 5.74) is 1.50. The van der Waals surface area contributed by atoms with Crippen molar-refractivity contribution < 1.29 is 4.79 Å². The van der Waals surface area contributed by atoms with Gasteiger partial charge in [0.05, 0.1) is 11.0 Å². The van der Waals surface area contributed by atoms with E-state index >= 15 is 0 Å². The maximum Gasteiger partial charge on any atom is 0.287 e. The van der Waals surface area contributed by atoms with E-state index in [1.165, 1.54) is 0 Å². The third-order valence-electron chi connectivity index (χ3n) is 3.45. The van der Waals surface area contributed by atoms with E-state index in [9.17, 15) is 4.79 Å². The molecule has 0 bridgehead atoms. The third-order valence-corrected chi connectivity index (χ3v) is 3.45. The first-order chi connectivity index (χ1) is 12.2. The van der Waals surface area contributed by atoms with Crippen molar-refractivity contribution in [3.63, 3.8) is 0 Å². The summed E-state index contributed by atoms with van der Waals surface area (Å²) in [6.07, 6.45) is 4.97. The molecule has 0 unspecified atom stereocenters. The minimum atomic E-state index is -0.296. The lowest BCUT2D eigenvalue weighted by molar-refractivity contribution is 0.0946. The molecule has 1 aromatic carbocycles. The summed E-state index contributed by atoms with van der Waals surface area (Å²) in [6, 6.07) is 9.25. The van der Waals surface area contributed by atoms with Crippen LogP contribution in [-0.2, 0) is 0 Å². The Balaban J connectivity index is 2.11. The highest BCUT2D eigenvalue weighted by Crippen LogP contribution is 2.20. The van der Waals surface area contributed by atoms with Crippen LogP contribution in [0.2, 0.25) is 0 Å². The fourth-order valence-corrected chi connectivity index (χ4v) is 2.38. The van der Waals surface area contributed by atoms with E-state index in [0.717, 1.165) is 5.52 Å². The maximum atomic E-state index is 12.5. The lowest BCUT2D eigenvalue weighted by atomic mass is 10.3. The van der Waals surface area contributed by atoms with Gasteiger partial charge in [0.2, 0.25) is 11.8 Å². The summed E-state index contributed by atoms with van der Waals surface area (Å²) >= 11 is 0. The van der Waals surface area contributed by atoms with Crippen LogP contribution >= 0.6 is 0 Å². The Hall–Kier alpha value is -3.48. The quantitative estimate of drug-likeness (QED) is 0.648. The molecule has 2 N–H and O–H groups in total. The molecule has 0 radical (unpaired) electrons. The van der Waals surface area contributed by atoms with Gasteiger partial charge in [0.15, 0.2) is 0 Å². The predicted octanol–water partition coefficient (Wildman–Crippen LogP) is 2.33. The number of hydrogen-bond acceptors (Lipinski definition) is 5. The molecule has 0 atom stereocenters. The van der Waals surface area contributed by atoms with Crippen molar-refractivity contribution in [1.82, 2.24) is 24.8 Å². The van der Waals surface area contributed by atoms with Gasteiger partial charge in [-0.25, -0.2) is 9.97 Å². The van der Waals surface area contributed by atoms with E-state index in [0.29, 0.717) is 30.4 Å². The number of hydrogen-bond donors (Lipinski definition) is 2.